The van der Waals surface area contributed by atoms with Crippen LogP contribution in [0.15, 0.2) is 41.1 Å². The van der Waals surface area contributed by atoms with E-state index in [4.69, 9.17) is 13.9 Å². The van der Waals surface area contributed by atoms with Gasteiger partial charge in [-0.25, -0.2) is 9.97 Å². The summed E-state index contributed by atoms with van der Waals surface area (Å²) >= 11 is 0. The summed E-state index contributed by atoms with van der Waals surface area (Å²) in [6.45, 7) is 1.09. The zero-order valence-corrected chi connectivity index (χ0v) is 14.6. The van der Waals surface area contributed by atoms with Crippen LogP contribution in [0.3, 0.4) is 0 Å². The van der Waals surface area contributed by atoms with Crippen LogP contribution in [0.5, 0.6) is 5.75 Å². The van der Waals surface area contributed by atoms with E-state index in [1.807, 2.05) is 30.3 Å². The summed E-state index contributed by atoms with van der Waals surface area (Å²) in [7, 11) is 0. The monoisotopic (exact) mass is 369 g/mol. The molecule has 4 rings (SSSR count). The number of hydrogen-bond acceptors (Lipinski definition) is 7. The molecule has 0 spiro atoms. The zero-order valence-electron chi connectivity index (χ0n) is 14.6. The van der Waals surface area contributed by atoms with Crippen molar-refractivity contribution in [2.24, 2.45) is 0 Å². The van der Waals surface area contributed by atoms with Crippen LogP contribution in [-0.4, -0.2) is 32.7 Å². The fraction of sp³-hybridized carbons (Fsp3) is 0.333. The van der Waals surface area contributed by atoms with Crippen LogP contribution in [-0.2, 0) is 17.9 Å². The van der Waals surface area contributed by atoms with Gasteiger partial charge in [-0.15, -0.1) is 0 Å². The number of oxazole rings is 1. The minimum Gasteiger partial charge on any atom is -0.486 e. The molecule has 1 aliphatic rings. The Kier molecular flexibility index (Phi) is 5.10. The average Bonchev–Trinajstić information content (AvgIpc) is 3.46. The molecule has 0 bridgehead atoms. The fourth-order valence-corrected chi connectivity index (χ4v) is 2.83. The van der Waals surface area contributed by atoms with Gasteiger partial charge in [-0.1, -0.05) is 18.2 Å². The van der Waals surface area contributed by atoms with Crippen LogP contribution < -0.4 is 10.1 Å². The second kappa shape index (κ2) is 8.00. The van der Waals surface area contributed by atoms with Crippen molar-refractivity contribution in [1.29, 1.82) is 0 Å². The maximum Gasteiger partial charge on any atom is 0.274 e. The first-order valence-corrected chi connectivity index (χ1v) is 8.71. The maximum absolute atomic E-state index is 12.4. The molecule has 1 amide bonds. The van der Waals surface area contributed by atoms with Crippen LogP contribution in [0.2, 0.25) is 0 Å². The van der Waals surface area contributed by atoms with E-state index in [0.29, 0.717) is 24.0 Å². The fourth-order valence-electron chi connectivity index (χ4n) is 2.83. The topological polar surface area (TPSA) is 115 Å². The van der Waals surface area contributed by atoms with Crippen molar-refractivity contribution in [3.8, 4) is 5.75 Å². The van der Waals surface area contributed by atoms with Crippen molar-refractivity contribution in [1.82, 2.24) is 25.5 Å². The second-order valence-electron chi connectivity index (χ2n) is 6.05. The highest BCUT2D eigenvalue weighted by atomic mass is 16.5. The normalized spacial score (nSPS) is 16.4. The molecule has 2 N–H and O–H groups in total. The Hall–Kier alpha value is -3.20. The Morgan fingerprint density at radius 2 is 2.22 bits per heavy atom. The van der Waals surface area contributed by atoms with Gasteiger partial charge in [0.25, 0.3) is 5.91 Å². The lowest BCUT2D eigenvalue weighted by atomic mass is 10.1. The van der Waals surface area contributed by atoms with Crippen molar-refractivity contribution < 1.29 is 18.7 Å². The number of aromatic nitrogens is 4. The van der Waals surface area contributed by atoms with Gasteiger partial charge in [-0.2, -0.15) is 5.10 Å². The van der Waals surface area contributed by atoms with Crippen molar-refractivity contribution in [3.63, 3.8) is 0 Å². The van der Waals surface area contributed by atoms with Gasteiger partial charge in [0.1, 0.15) is 18.5 Å². The molecule has 9 nitrogen and oxygen atoms in total. The Balaban J connectivity index is 1.31. The molecule has 140 valence electrons. The molecule has 1 fully saturated rings. The van der Waals surface area contributed by atoms with E-state index in [1.54, 1.807) is 0 Å². The lowest BCUT2D eigenvalue weighted by Crippen LogP contribution is -2.25. The van der Waals surface area contributed by atoms with E-state index in [-0.39, 0.29) is 30.9 Å². The number of rotatable bonds is 7. The number of carbonyl (C=O) groups excluding carboxylic acids is 1. The van der Waals surface area contributed by atoms with Gasteiger partial charge in [0.05, 0.1) is 6.54 Å². The van der Waals surface area contributed by atoms with Crippen LogP contribution in [0.1, 0.15) is 46.8 Å². The van der Waals surface area contributed by atoms with Crippen LogP contribution >= 0.6 is 0 Å². The van der Waals surface area contributed by atoms with Crippen LogP contribution in [0.4, 0.5) is 0 Å². The molecule has 1 saturated heterocycles. The highest BCUT2D eigenvalue weighted by Gasteiger charge is 2.27. The molecule has 3 aromatic rings. The minimum absolute atomic E-state index is 0.165. The molecule has 0 radical (unpaired) electrons. The Morgan fingerprint density at radius 1 is 1.33 bits per heavy atom. The number of nitrogens with one attached hydrogen (secondary N) is 2. The van der Waals surface area contributed by atoms with Gasteiger partial charge in [-0.05, 0) is 25.0 Å². The third kappa shape index (κ3) is 4.14. The minimum atomic E-state index is -0.346. The number of amides is 1. The Morgan fingerprint density at radius 3 is 3.04 bits per heavy atom. The number of hydrogen-bond donors (Lipinski definition) is 2. The molecule has 0 saturated carbocycles. The SMILES string of the molecule is O=C(NCc1n[nH]c(COc2ccccc2)n1)c1ncoc1[C@H]1CCCO1. The van der Waals surface area contributed by atoms with Gasteiger partial charge in [0.2, 0.25) is 0 Å². The molecule has 9 heteroatoms. The summed E-state index contributed by atoms with van der Waals surface area (Å²) in [6.07, 6.45) is 2.81. The third-order valence-corrected chi connectivity index (χ3v) is 4.14. The largest absolute Gasteiger partial charge is 0.486 e. The molecule has 1 atom stereocenters. The molecule has 1 aliphatic heterocycles. The first-order valence-electron chi connectivity index (χ1n) is 8.71. The number of para-hydroxylation sites is 1. The number of H-pyrrole nitrogens is 1. The summed E-state index contributed by atoms with van der Waals surface area (Å²) in [5.41, 5.74) is 0.241. The van der Waals surface area contributed by atoms with E-state index in [2.05, 4.69) is 25.5 Å². The van der Waals surface area contributed by atoms with E-state index >= 15 is 0 Å². The molecule has 2 aromatic heterocycles. The number of ether oxygens (including phenoxy) is 2. The molecule has 27 heavy (non-hydrogen) atoms. The van der Waals surface area contributed by atoms with Crippen molar-refractivity contribution in [2.45, 2.75) is 32.1 Å². The van der Waals surface area contributed by atoms with Gasteiger partial charge in [-0.3, -0.25) is 9.89 Å². The third-order valence-electron chi connectivity index (χ3n) is 4.14. The molecular formula is C18H19N5O4. The van der Waals surface area contributed by atoms with E-state index in [0.717, 1.165) is 18.6 Å². The smallest absolute Gasteiger partial charge is 0.274 e. The van der Waals surface area contributed by atoms with E-state index < -0.39 is 0 Å². The van der Waals surface area contributed by atoms with Gasteiger partial charge in [0.15, 0.2) is 29.5 Å². The van der Waals surface area contributed by atoms with E-state index in [1.165, 1.54) is 6.39 Å². The van der Waals surface area contributed by atoms with E-state index in [9.17, 15) is 4.79 Å². The summed E-state index contributed by atoms with van der Waals surface area (Å²) in [5, 5.41) is 9.63. The van der Waals surface area contributed by atoms with Gasteiger partial charge < -0.3 is 19.2 Å². The van der Waals surface area contributed by atoms with Crippen molar-refractivity contribution in [3.05, 3.63) is 59.8 Å². The Labute approximate surface area is 155 Å². The van der Waals surface area contributed by atoms with Crippen LogP contribution in [0.25, 0.3) is 0 Å². The van der Waals surface area contributed by atoms with Crippen molar-refractivity contribution in [2.75, 3.05) is 6.61 Å². The first kappa shape index (κ1) is 17.2. The predicted octanol–water partition coefficient (Wildman–Crippen LogP) is 2.15. The molecular weight excluding hydrogens is 350 g/mol. The summed E-state index contributed by atoms with van der Waals surface area (Å²) in [5.74, 6) is 1.90. The highest BCUT2D eigenvalue weighted by Crippen LogP contribution is 2.30. The first-order chi connectivity index (χ1) is 13.3. The lowest BCUT2D eigenvalue weighted by Gasteiger charge is -2.07. The predicted molar refractivity (Wildman–Crippen MR) is 92.8 cm³/mol. The van der Waals surface area contributed by atoms with Crippen molar-refractivity contribution >= 4 is 5.91 Å². The zero-order chi connectivity index (χ0) is 18.5. The Bertz CT molecular complexity index is 886. The average molecular weight is 369 g/mol. The second-order valence-corrected chi connectivity index (χ2v) is 6.05. The van der Waals surface area contributed by atoms with Gasteiger partial charge in [0, 0.05) is 6.61 Å². The number of benzene rings is 1. The van der Waals surface area contributed by atoms with Gasteiger partial charge >= 0.3 is 0 Å². The van der Waals surface area contributed by atoms with Crippen LogP contribution in [0, 0.1) is 0 Å². The molecule has 3 heterocycles. The lowest BCUT2D eigenvalue weighted by molar-refractivity contribution is 0.0860. The standard InChI is InChI=1S/C18H19N5O4/c24-18(16-17(27-11-20-16)13-7-4-8-25-13)19-9-14-21-15(23-22-14)10-26-12-5-2-1-3-6-12/h1-3,5-6,11,13H,4,7-10H2,(H,19,24)(H,21,22,23)/t13-/m1/s1. The molecule has 0 aliphatic carbocycles. The number of carbonyl (C=O) groups is 1. The quantitative estimate of drug-likeness (QED) is 0.655. The number of nitrogens with zero attached hydrogens (tertiary/aromatic N) is 3. The highest BCUT2D eigenvalue weighted by molar-refractivity contribution is 5.93. The summed E-state index contributed by atoms with van der Waals surface area (Å²) < 4.78 is 16.5. The number of aromatic amines is 1. The summed E-state index contributed by atoms with van der Waals surface area (Å²) in [6, 6.07) is 9.43. The summed E-state index contributed by atoms with van der Waals surface area (Å²) in [4.78, 5) is 20.7. The maximum atomic E-state index is 12.4. The molecule has 1 aromatic carbocycles. The molecule has 0 unspecified atom stereocenters.